The molecule has 1 amide bonds. The molecule has 1 atom stereocenters. The van der Waals surface area contributed by atoms with Crippen LogP contribution in [0.4, 0.5) is 0 Å². The van der Waals surface area contributed by atoms with Gasteiger partial charge in [-0.3, -0.25) is 4.79 Å². The van der Waals surface area contributed by atoms with E-state index in [1.807, 2.05) is 44.2 Å². The molecule has 0 heterocycles. The van der Waals surface area contributed by atoms with E-state index in [-0.39, 0.29) is 11.8 Å². The molecule has 80 valence electrons. The van der Waals surface area contributed by atoms with Crippen LogP contribution in [-0.2, 0) is 4.79 Å². The molecule has 0 fully saturated rings. The fraction of sp³-hybridized carbons (Fsp3) is 0.333. The Labute approximate surface area is 90.0 Å². The minimum atomic E-state index is -0.509. The van der Waals surface area contributed by atoms with Crippen LogP contribution in [0.15, 0.2) is 35.3 Å². The number of hydrogen-bond acceptors (Lipinski definition) is 2. The zero-order valence-electron chi connectivity index (χ0n) is 9.05. The SMILES string of the molecule is CC(C)[C@@H](N)C(=O)N=Cc1ccccc1. The second kappa shape index (κ2) is 5.41. The third-order valence-corrected chi connectivity index (χ3v) is 2.14. The van der Waals surface area contributed by atoms with Crippen molar-refractivity contribution in [3.63, 3.8) is 0 Å². The Hall–Kier alpha value is -1.48. The average molecular weight is 204 g/mol. The lowest BCUT2D eigenvalue weighted by Gasteiger charge is -2.10. The Balaban J connectivity index is 2.63. The Morgan fingerprint density at radius 3 is 2.47 bits per heavy atom. The van der Waals surface area contributed by atoms with Gasteiger partial charge in [-0.15, -0.1) is 0 Å². The molecule has 0 saturated carbocycles. The molecular weight excluding hydrogens is 188 g/mol. The molecular formula is C12H16N2O. The smallest absolute Gasteiger partial charge is 0.262 e. The van der Waals surface area contributed by atoms with Crippen LogP contribution < -0.4 is 5.73 Å². The quantitative estimate of drug-likeness (QED) is 0.760. The topological polar surface area (TPSA) is 55.5 Å². The number of aliphatic imine (C=N–C) groups is 1. The van der Waals surface area contributed by atoms with Gasteiger partial charge in [0.1, 0.15) is 0 Å². The van der Waals surface area contributed by atoms with Crippen molar-refractivity contribution in [2.45, 2.75) is 19.9 Å². The highest BCUT2D eigenvalue weighted by Gasteiger charge is 2.15. The summed E-state index contributed by atoms with van der Waals surface area (Å²) >= 11 is 0. The molecule has 0 aromatic heterocycles. The first-order chi connectivity index (χ1) is 7.11. The van der Waals surface area contributed by atoms with E-state index in [0.29, 0.717) is 0 Å². The number of carbonyl (C=O) groups is 1. The van der Waals surface area contributed by atoms with Crippen molar-refractivity contribution in [2.24, 2.45) is 16.6 Å². The largest absolute Gasteiger partial charge is 0.320 e. The predicted molar refractivity (Wildman–Crippen MR) is 61.9 cm³/mol. The lowest BCUT2D eigenvalue weighted by Crippen LogP contribution is -2.34. The highest BCUT2D eigenvalue weighted by atomic mass is 16.1. The second-order valence-corrected chi connectivity index (χ2v) is 3.78. The monoisotopic (exact) mass is 204 g/mol. The van der Waals surface area contributed by atoms with E-state index in [1.54, 1.807) is 6.21 Å². The number of rotatable bonds is 3. The van der Waals surface area contributed by atoms with Crippen molar-refractivity contribution < 1.29 is 4.79 Å². The molecule has 0 spiro atoms. The Morgan fingerprint density at radius 2 is 1.93 bits per heavy atom. The molecule has 3 heteroatoms. The molecule has 1 rings (SSSR count). The van der Waals surface area contributed by atoms with Gasteiger partial charge < -0.3 is 5.73 Å². The van der Waals surface area contributed by atoms with E-state index >= 15 is 0 Å². The summed E-state index contributed by atoms with van der Waals surface area (Å²) in [5.74, 6) is -0.153. The van der Waals surface area contributed by atoms with Crippen LogP contribution >= 0.6 is 0 Å². The molecule has 15 heavy (non-hydrogen) atoms. The van der Waals surface area contributed by atoms with Gasteiger partial charge in [-0.2, -0.15) is 0 Å². The van der Waals surface area contributed by atoms with Gasteiger partial charge in [0.05, 0.1) is 6.04 Å². The summed E-state index contributed by atoms with van der Waals surface area (Å²) in [6, 6.07) is 8.97. The molecule has 0 bridgehead atoms. The van der Waals surface area contributed by atoms with Crippen molar-refractivity contribution in [3.8, 4) is 0 Å². The van der Waals surface area contributed by atoms with Crippen LogP contribution in [0.1, 0.15) is 19.4 Å². The normalized spacial score (nSPS) is 13.3. The number of benzene rings is 1. The summed E-state index contributed by atoms with van der Waals surface area (Å²) in [7, 11) is 0. The van der Waals surface area contributed by atoms with Crippen molar-refractivity contribution in [1.29, 1.82) is 0 Å². The van der Waals surface area contributed by atoms with Crippen LogP contribution in [0.25, 0.3) is 0 Å². The summed E-state index contributed by atoms with van der Waals surface area (Å²) < 4.78 is 0. The molecule has 2 N–H and O–H groups in total. The fourth-order valence-electron chi connectivity index (χ4n) is 1.05. The van der Waals surface area contributed by atoms with Gasteiger partial charge in [-0.25, -0.2) is 4.99 Å². The Kier molecular flexibility index (Phi) is 4.18. The number of nitrogens with two attached hydrogens (primary N) is 1. The van der Waals surface area contributed by atoms with Gasteiger partial charge in [0.25, 0.3) is 5.91 Å². The summed E-state index contributed by atoms with van der Waals surface area (Å²) in [5.41, 5.74) is 6.57. The first kappa shape index (κ1) is 11.6. The molecule has 1 aromatic carbocycles. The van der Waals surface area contributed by atoms with Crippen LogP contribution in [-0.4, -0.2) is 18.2 Å². The third kappa shape index (κ3) is 3.64. The molecule has 0 aliphatic heterocycles. The minimum Gasteiger partial charge on any atom is -0.320 e. The molecule has 0 unspecified atom stereocenters. The highest BCUT2D eigenvalue weighted by molar-refractivity contribution is 5.94. The first-order valence-corrected chi connectivity index (χ1v) is 5.00. The van der Waals surface area contributed by atoms with Gasteiger partial charge in [0, 0.05) is 6.21 Å². The average Bonchev–Trinajstić information content (AvgIpc) is 2.26. The maximum absolute atomic E-state index is 11.4. The van der Waals surface area contributed by atoms with Gasteiger partial charge in [0.15, 0.2) is 0 Å². The maximum atomic E-state index is 11.4. The number of carbonyl (C=O) groups excluding carboxylic acids is 1. The van der Waals surface area contributed by atoms with E-state index in [2.05, 4.69) is 4.99 Å². The summed E-state index contributed by atoms with van der Waals surface area (Å²) in [4.78, 5) is 15.3. The fourth-order valence-corrected chi connectivity index (χ4v) is 1.05. The van der Waals surface area contributed by atoms with Gasteiger partial charge in [0.2, 0.25) is 0 Å². The zero-order chi connectivity index (χ0) is 11.3. The zero-order valence-corrected chi connectivity index (χ0v) is 9.05. The van der Waals surface area contributed by atoms with Crippen molar-refractivity contribution >= 4 is 12.1 Å². The molecule has 0 radical (unpaired) electrons. The van der Waals surface area contributed by atoms with Crippen molar-refractivity contribution in [2.75, 3.05) is 0 Å². The lowest BCUT2D eigenvalue weighted by molar-refractivity contribution is -0.119. The lowest BCUT2D eigenvalue weighted by atomic mass is 10.1. The van der Waals surface area contributed by atoms with E-state index in [0.717, 1.165) is 5.56 Å². The summed E-state index contributed by atoms with van der Waals surface area (Å²) in [5, 5.41) is 0. The van der Waals surface area contributed by atoms with Gasteiger partial charge in [-0.1, -0.05) is 44.2 Å². The van der Waals surface area contributed by atoms with E-state index in [1.165, 1.54) is 0 Å². The van der Waals surface area contributed by atoms with Crippen LogP contribution in [0.5, 0.6) is 0 Å². The van der Waals surface area contributed by atoms with E-state index < -0.39 is 6.04 Å². The van der Waals surface area contributed by atoms with Crippen molar-refractivity contribution in [3.05, 3.63) is 35.9 Å². The van der Waals surface area contributed by atoms with Crippen LogP contribution in [0, 0.1) is 5.92 Å². The van der Waals surface area contributed by atoms with Crippen LogP contribution in [0.3, 0.4) is 0 Å². The molecule has 0 aliphatic carbocycles. The first-order valence-electron chi connectivity index (χ1n) is 5.00. The maximum Gasteiger partial charge on any atom is 0.262 e. The standard InChI is InChI=1S/C12H16N2O/c1-9(2)11(13)12(15)14-8-10-6-4-3-5-7-10/h3-9,11H,13H2,1-2H3/t11-/m1/s1. The Morgan fingerprint density at radius 1 is 1.33 bits per heavy atom. The number of amides is 1. The molecule has 0 saturated heterocycles. The predicted octanol–water partition coefficient (Wildman–Crippen LogP) is 1.62. The second-order valence-electron chi connectivity index (χ2n) is 3.78. The summed E-state index contributed by atoms with van der Waals surface area (Å²) in [6.07, 6.45) is 1.55. The van der Waals surface area contributed by atoms with E-state index in [9.17, 15) is 4.79 Å². The molecule has 1 aromatic rings. The third-order valence-electron chi connectivity index (χ3n) is 2.14. The van der Waals surface area contributed by atoms with Crippen molar-refractivity contribution in [1.82, 2.24) is 0 Å². The van der Waals surface area contributed by atoms with E-state index in [4.69, 9.17) is 5.73 Å². The van der Waals surface area contributed by atoms with Gasteiger partial charge >= 0.3 is 0 Å². The van der Waals surface area contributed by atoms with Gasteiger partial charge in [-0.05, 0) is 11.5 Å². The summed E-state index contributed by atoms with van der Waals surface area (Å²) in [6.45, 7) is 3.81. The number of hydrogen-bond donors (Lipinski definition) is 1. The molecule has 0 aliphatic rings. The van der Waals surface area contributed by atoms with Crippen LogP contribution in [0.2, 0.25) is 0 Å². The number of nitrogens with zero attached hydrogens (tertiary/aromatic N) is 1. The Bertz CT molecular complexity index is 344. The molecule has 3 nitrogen and oxygen atoms in total. The highest BCUT2D eigenvalue weighted by Crippen LogP contribution is 2.01. The minimum absolute atomic E-state index is 0.116.